The van der Waals surface area contributed by atoms with Gasteiger partial charge >= 0.3 is 0 Å². The Hall–Kier alpha value is -0.0100. The van der Waals surface area contributed by atoms with Gasteiger partial charge in [-0.25, -0.2) is 0 Å². The van der Waals surface area contributed by atoms with Gasteiger partial charge in [0, 0.05) is 5.88 Å². The van der Waals surface area contributed by atoms with Gasteiger partial charge < -0.3 is 0 Å². The van der Waals surface area contributed by atoms with E-state index in [1.165, 1.54) is 24.8 Å². The van der Waals surface area contributed by atoms with Crippen molar-refractivity contribution in [2.24, 2.45) is 0 Å². The second-order valence-corrected chi connectivity index (χ2v) is 3.79. The number of hydrogen-bond acceptors (Lipinski definition) is 1. The number of rotatable bonds is 5. The first-order chi connectivity index (χ1) is 5.43. The lowest BCUT2D eigenvalue weighted by Gasteiger charge is -1.95. The number of thiophene rings is 1. The predicted octanol–water partition coefficient (Wildman–Crippen LogP) is 3.70. The molecule has 11 heavy (non-hydrogen) atoms. The fraction of sp³-hybridized carbons (Fsp3) is 0.556. The van der Waals surface area contributed by atoms with Gasteiger partial charge in [-0.2, -0.15) is 11.3 Å². The van der Waals surface area contributed by atoms with Crippen molar-refractivity contribution in [2.45, 2.75) is 25.7 Å². The van der Waals surface area contributed by atoms with E-state index in [0.29, 0.717) is 0 Å². The van der Waals surface area contributed by atoms with Crippen LogP contribution in [0.2, 0.25) is 0 Å². The van der Waals surface area contributed by atoms with Crippen LogP contribution in [0, 0.1) is 0 Å². The Kier molecular flexibility index (Phi) is 4.64. The molecule has 0 amide bonds. The summed E-state index contributed by atoms with van der Waals surface area (Å²) in [5.41, 5.74) is 1.48. The van der Waals surface area contributed by atoms with Gasteiger partial charge in [0.15, 0.2) is 0 Å². The van der Waals surface area contributed by atoms with E-state index in [2.05, 4.69) is 16.8 Å². The summed E-state index contributed by atoms with van der Waals surface area (Å²) in [5, 5.41) is 4.36. The van der Waals surface area contributed by atoms with Gasteiger partial charge in [-0.3, -0.25) is 0 Å². The molecule has 1 aromatic rings. The van der Waals surface area contributed by atoms with Crippen molar-refractivity contribution < 1.29 is 0 Å². The molecule has 0 N–H and O–H groups in total. The fourth-order valence-electron chi connectivity index (χ4n) is 1.04. The third-order valence-electron chi connectivity index (χ3n) is 1.68. The second-order valence-electron chi connectivity index (χ2n) is 2.63. The van der Waals surface area contributed by atoms with Crippen LogP contribution in [0.15, 0.2) is 16.8 Å². The summed E-state index contributed by atoms with van der Waals surface area (Å²) in [5.74, 6) is 0.809. The lowest BCUT2D eigenvalue weighted by atomic mass is 10.1. The van der Waals surface area contributed by atoms with E-state index in [0.717, 1.165) is 12.3 Å². The number of hydrogen-bond donors (Lipinski definition) is 0. The minimum absolute atomic E-state index is 0.809. The molecule has 0 bridgehead atoms. The van der Waals surface area contributed by atoms with E-state index in [1.54, 1.807) is 11.3 Å². The number of unbranched alkanes of at least 4 members (excludes halogenated alkanes) is 2. The summed E-state index contributed by atoms with van der Waals surface area (Å²) < 4.78 is 0. The van der Waals surface area contributed by atoms with Crippen LogP contribution in [0.25, 0.3) is 0 Å². The maximum Gasteiger partial charge on any atom is 0.0223 e. The van der Waals surface area contributed by atoms with Crippen LogP contribution >= 0.6 is 22.9 Å². The molecule has 0 spiro atoms. The Morgan fingerprint density at radius 1 is 1.27 bits per heavy atom. The van der Waals surface area contributed by atoms with E-state index in [4.69, 9.17) is 11.6 Å². The van der Waals surface area contributed by atoms with Crippen molar-refractivity contribution in [1.82, 2.24) is 0 Å². The molecule has 2 heteroatoms. The molecule has 0 aliphatic carbocycles. The SMILES string of the molecule is ClCCCCCc1ccsc1. The molecule has 62 valence electrons. The molecule has 1 aromatic heterocycles. The minimum atomic E-state index is 0.809. The van der Waals surface area contributed by atoms with Crippen molar-refractivity contribution in [3.8, 4) is 0 Å². The average molecular weight is 189 g/mol. The largest absolute Gasteiger partial charge is 0.152 e. The van der Waals surface area contributed by atoms with Gasteiger partial charge in [0.2, 0.25) is 0 Å². The number of halogens is 1. The van der Waals surface area contributed by atoms with Crippen molar-refractivity contribution in [3.63, 3.8) is 0 Å². The lowest BCUT2D eigenvalue weighted by molar-refractivity contribution is 0.722. The number of aryl methyl sites for hydroxylation is 1. The first-order valence-electron chi connectivity index (χ1n) is 4.00. The van der Waals surface area contributed by atoms with Gasteiger partial charge in [0.1, 0.15) is 0 Å². The Morgan fingerprint density at radius 2 is 2.18 bits per heavy atom. The molecule has 0 fully saturated rings. The molecule has 0 radical (unpaired) electrons. The summed E-state index contributed by atoms with van der Waals surface area (Å²) in [6.07, 6.45) is 4.93. The highest BCUT2D eigenvalue weighted by molar-refractivity contribution is 7.07. The Bertz CT molecular complexity index is 170. The van der Waals surface area contributed by atoms with Crippen molar-refractivity contribution in [2.75, 3.05) is 5.88 Å². The van der Waals surface area contributed by atoms with E-state index >= 15 is 0 Å². The molecule has 0 aromatic carbocycles. The Morgan fingerprint density at radius 3 is 2.82 bits per heavy atom. The average Bonchev–Trinajstić information content (AvgIpc) is 2.50. The highest BCUT2D eigenvalue weighted by atomic mass is 35.5. The molecule has 0 atom stereocenters. The zero-order valence-corrected chi connectivity index (χ0v) is 8.13. The first kappa shape index (κ1) is 9.08. The van der Waals surface area contributed by atoms with E-state index in [9.17, 15) is 0 Å². The van der Waals surface area contributed by atoms with Crippen LogP contribution in [-0.2, 0) is 6.42 Å². The third-order valence-corrected chi connectivity index (χ3v) is 2.68. The standard InChI is InChI=1S/C9H13ClS/c10-6-3-1-2-4-9-5-7-11-8-9/h5,7-8H,1-4,6H2. The zero-order valence-electron chi connectivity index (χ0n) is 6.55. The summed E-state index contributed by atoms with van der Waals surface area (Å²) in [6, 6.07) is 2.20. The van der Waals surface area contributed by atoms with Crippen LogP contribution in [0.1, 0.15) is 24.8 Å². The first-order valence-corrected chi connectivity index (χ1v) is 5.48. The van der Waals surface area contributed by atoms with E-state index in [1.807, 2.05) is 0 Å². The number of alkyl halides is 1. The maximum atomic E-state index is 5.56. The normalized spacial score (nSPS) is 10.3. The highest BCUT2D eigenvalue weighted by Crippen LogP contribution is 2.10. The Balaban J connectivity index is 2.04. The van der Waals surface area contributed by atoms with Gasteiger partial charge in [-0.05, 0) is 41.7 Å². The van der Waals surface area contributed by atoms with Gasteiger partial charge in [-0.15, -0.1) is 11.6 Å². The molecule has 0 saturated heterocycles. The molecule has 1 rings (SSSR count). The maximum absolute atomic E-state index is 5.56. The van der Waals surface area contributed by atoms with Gasteiger partial charge in [0.05, 0.1) is 0 Å². The zero-order chi connectivity index (χ0) is 7.94. The monoisotopic (exact) mass is 188 g/mol. The molecule has 0 saturated carbocycles. The highest BCUT2D eigenvalue weighted by Gasteiger charge is 1.92. The summed E-state index contributed by atoms with van der Waals surface area (Å²) in [4.78, 5) is 0. The van der Waals surface area contributed by atoms with Crippen LogP contribution in [0.3, 0.4) is 0 Å². The van der Waals surface area contributed by atoms with Crippen LogP contribution in [0.4, 0.5) is 0 Å². The van der Waals surface area contributed by atoms with Crippen LogP contribution < -0.4 is 0 Å². The molecule has 0 unspecified atom stereocenters. The lowest BCUT2D eigenvalue weighted by Crippen LogP contribution is -1.82. The summed E-state index contributed by atoms with van der Waals surface area (Å²) in [7, 11) is 0. The fourth-order valence-corrected chi connectivity index (χ4v) is 1.93. The molecule has 0 aliphatic rings. The van der Waals surface area contributed by atoms with Crippen LogP contribution in [-0.4, -0.2) is 5.88 Å². The second kappa shape index (κ2) is 5.62. The Labute approximate surface area is 77.2 Å². The van der Waals surface area contributed by atoms with Crippen molar-refractivity contribution in [3.05, 3.63) is 22.4 Å². The third kappa shape index (κ3) is 3.78. The smallest absolute Gasteiger partial charge is 0.0223 e. The summed E-state index contributed by atoms with van der Waals surface area (Å²) >= 11 is 7.34. The van der Waals surface area contributed by atoms with Crippen molar-refractivity contribution in [1.29, 1.82) is 0 Å². The molecule has 0 nitrogen and oxygen atoms in total. The molecule has 1 heterocycles. The van der Waals surface area contributed by atoms with Crippen LogP contribution in [0.5, 0.6) is 0 Å². The van der Waals surface area contributed by atoms with E-state index in [-0.39, 0.29) is 0 Å². The van der Waals surface area contributed by atoms with Crippen molar-refractivity contribution >= 4 is 22.9 Å². The molecular formula is C9H13ClS. The minimum Gasteiger partial charge on any atom is -0.152 e. The van der Waals surface area contributed by atoms with Gasteiger partial charge in [-0.1, -0.05) is 6.42 Å². The molecular weight excluding hydrogens is 176 g/mol. The predicted molar refractivity (Wildman–Crippen MR) is 52.6 cm³/mol. The molecule has 0 aliphatic heterocycles. The van der Waals surface area contributed by atoms with Gasteiger partial charge in [0.25, 0.3) is 0 Å². The quantitative estimate of drug-likeness (QED) is 0.488. The van der Waals surface area contributed by atoms with E-state index < -0.39 is 0 Å². The topological polar surface area (TPSA) is 0 Å². The summed E-state index contributed by atoms with van der Waals surface area (Å²) in [6.45, 7) is 0.